The minimum atomic E-state index is 0.626. The Morgan fingerprint density at radius 2 is 2.33 bits per heavy atom. The molecule has 18 heavy (non-hydrogen) atoms. The van der Waals surface area contributed by atoms with Crippen LogP contribution in [0.15, 0.2) is 28.0 Å². The smallest absolute Gasteiger partial charge is 0.191 e. The van der Waals surface area contributed by atoms with Crippen LogP contribution in [-0.4, -0.2) is 23.3 Å². The van der Waals surface area contributed by atoms with Crippen LogP contribution in [0.3, 0.4) is 0 Å². The van der Waals surface area contributed by atoms with E-state index in [0.717, 1.165) is 12.4 Å². The molecule has 0 aliphatic carbocycles. The highest BCUT2D eigenvalue weighted by Crippen LogP contribution is 2.20. The molecule has 7 heteroatoms. The Labute approximate surface area is 114 Å². The van der Waals surface area contributed by atoms with E-state index >= 15 is 0 Å². The number of thiophene rings is 1. The number of nitrogens with zero attached hydrogens (tertiary/aromatic N) is 3. The second-order valence-corrected chi connectivity index (χ2v) is 5.28. The summed E-state index contributed by atoms with van der Waals surface area (Å²) in [6, 6.07) is 3.95. The highest BCUT2D eigenvalue weighted by atomic mass is 32.2. The number of nitrogens with two attached hydrogens (primary N) is 1. The summed E-state index contributed by atoms with van der Waals surface area (Å²) in [4.78, 5) is 10.8. The molecule has 2 rings (SSSR count). The molecule has 3 N–H and O–H groups in total. The molecule has 5 nitrogen and oxygen atoms in total. The highest BCUT2D eigenvalue weighted by Gasteiger charge is 2.08. The van der Waals surface area contributed by atoms with Crippen molar-refractivity contribution in [2.75, 3.05) is 23.6 Å². The van der Waals surface area contributed by atoms with Gasteiger partial charge in [0.15, 0.2) is 5.16 Å². The van der Waals surface area contributed by atoms with Crippen molar-refractivity contribution in [3.63, 3.8) is 0 Å². The second kappa shape index (κ2) is 6.03. The summed E-state index contributed by atoms with van der Waals surface area (Å²) in [6.07, 6.45) is 1.94. The van der Waals surface area contributed by atoms with Crippen molar-refractivity contribution in [1.29, 1.82) is 0 Å². The Kier molecular flexibility index (Phi) is 4.40. The lowest BCUT2D eigenvalue weighted by atomic mass is 10.3. The van der Waals surface area contributed by atoms with Crippen LogP contribution in [0.1, 0.15) is 5.56 Å². The van der Waals surface area contributed by atoms with E-state index in [4.69, 9.17) is 5.84 Å². The Morgan fingerprint density at radius 1 is 1.50 bits per heavy atom. The van der Waals surface area contributed by atoms with Gasteiger partial charge in [-0.1, -0.05) is 11.8 Å². The summed E-state index contributed by atoms with van der Waals surface area (Å²) in [5.74, 6) is 6.89. The van der Waals surface area contributed by atoms with E-state index in [1.807, 2.05) is 19.4 Å². The first-order chi connectivity index (χ1) is 8.72. The molecule has 0 unspecified atom stereocenters. The number of rotatable bonds is 5. The van der Waals surface area contributed by atoms with Crippen molar-refractivity contribution >= 4 is 34.7 Å². The topological polar surface area (TPSA) is 67.1 Å². The van der Waals surface area contributed by atoms with E-state index in [1.54, 1.807) is 11.3 Å². The normalized spacial score (nSPS) is 10.4. The maximum absolute atomic E-state index is 5.41. The van der Waals surface area contributed by atoms with Gasteiger partial charge in [0.1, 0.15) is 11.6 Å². The average Bonchev–Trinajstić information content (AvgIpc) is 2.90. The molecule has 0 spiro atoms. The minimum absolute atomic E-state index is 0.626. The van der Waals surface area contributed by atoms with E-state index in [0.29, 0.717) is 11.0 Å². The first kappa shape index (κ1) is 13.1. The summed E-state index contributed by atoms with van der Waals surface area (Å²) in [6.45, 7) is 0.818. The van der Waals surface area contributed by atoms with Gasteiger partial charge in [-0.05, 0) is 28.6 Å². The zero-order chi connectivity index (χ0) is 13.0. The second-order valence-electron chi connectivity index (χ2n) is 3.73. The van der Waals surface area contributed by atoms with Gasteiger partial charge in [0.05, 0.1) is 0 Å². The van der Waals surface area contributed by atoms with E-state index in [9.17, 15) is 0 Å². The number of hydrogen-bond acceptors (Lipinski definition) is 7. The van der Waals surface area contributed by atoms with Crippen LogP contribution in [0, 0.1) is 0 Å². The maximum atomic E-state index is 5.41. The molecular weight excluding hydrogens is 266 g/mol. The van der Waals surface area contributed by atoms with Crippen LogP contribution >= 0.6 is 23.1 Å². The molecular formula is C11H15N5S2. The van der Waals surface area contributed by atoms with Crippen molar-refractivity contribution in [3.05, 3.63) is 28.5 Å². The molecule has 2 heterocycles. The fourth-order valence-corrected chi connectivity index (χ4v) is 2.55. The standard InChI is InChI=1S/C11H15N5S2/c1-16(6-8-3-4-18-7-8)10-5-9(15-12)13-11(14-10)17-2/h3-5,7H,6,12H2,1-2H3,(H,13,14,15). The van der Waals surface area contributed by atoms with Gasteiger partial charge < -0.3 is 10.3 Å². The maximum Gasteiger partial charge on any atom is 0.191 e. The third kappa shape index (κ3) is 3.12. The van der Waals surface area contributed by atoms with Gasteiger partial charge in [0.2, 0.25) is 0 Å². The van der Waals surface area contributed by atoms with Crippen molar-refractivity contribution < 1.29 is 0 Å². The first-order valence-electron chi connectivity index (χ1n) is 5.35. The van der Waals surface area contributed by atoms with Gasteiger partial charge in [0, 0.05) is 19.7 Å². The van der Waals surface area contributed by atoms with E-state index < -0.39 is 0 Å². The minimum Gasteiger partial charge on any atom is -0.355 e. The Hall–Kier alpha value is -1.31. The van der Waals surface area contributed by atoms with E-state index in [1.165, 1.54) is 17.3 Å². The van der Waals surface area contributed by atoms with Gasteiger partial charge in [-0.25, -0.2) is 15.8 Å². The molecule has 2 aromatic rings. The predicted octanol–water partition coefficient (Wildman–Crippen LogP) is 2.18. The van der Waals surface area contributed by atoms with Crippen LogP contribution < -0.4 is 16.2 Å². The van der Waals surface area contributed by atoms with Gasteiger partial charge in [-0.3, -0.25) is 0 Å². The molecule has 0 saturated carbocycles. The monoisotopic (exact) mass is 281 g/mol. The molecule has 0 fully saturated rings. The number of nitrogen functional groups attached to an aromatic ring is 1. The third-order valence-electron chi connectivity index (χ3n) is 2.41. The predicted molar refractivity (Wildman–Crippen MR) is 78.0 cm³/mol. The van der Waals surface area contributed by atoms with Crippen molar-refractivity contribution in [2.45, 2.75) is 11.7 Å². The molecule has 0 amide bonds. The molecule has 0 bridgehead atoms. The molecule has 0 atom stereocenters. The van der Waals surface area contributed by atoms with Crippen LogP contribution in [0.5, 0.6) is 0 Å². The number of anilines is 2. The molecule has 0 saturated heterocycles. The molecule has 0 aliphatic heterocycles. The Bertz CT molecular complexity index is 478. The van der Waals surface area contributed by atoms with Crippen LogP contribution in [0.4, 0.5) is 11.6 Å². The number of nitrogens with one attached hydrogen (secondary N) is 1. The molecule has 0 aromatic carbocycles. The molecule has 0 radical (unpaired) electrons. The lowest BCUT2D eigenvalue weighted by Crippen LogP contribution is -2.19. The van der Waals surface area contributed by atoms with E-state index in [2.05, 4.69) is 37.1 Å². The van der Waals surface area contributed by atoms with Crippen molar-refractivity contribution in [2.24, 2.45) is 5.84 Å². The van der Waals surface area contributed by atoms with Gasteiger partial charge in [-0.15, -0.1) is 0 Å². The van der Waals surface area contributed by atoms with Crippen LogP contribution in [0.2, 0.25) is 0 Å². The van der Waals surface area contributed by atoms with Crippen molar-refractivity contribution in [3.8, 4) is 0 Å². The number of hydrogen-bond donors (Lipinski definition) is 2. The van der Waals surface area contributed by atoms with Gasteiger partial charge in [0.25, 0.3) is 0 Å². The number of hydrazine groups is 1. The first-order valence-corrected chi connectivity index (χ1v) is 7.51. The molecule has 2 aromatic heterocycles. The quantitative estimate of drug-likeness (QED) is 0.379. The number of thioether (sulfide) groups is 1. The summed E-state index contributed by atoms with van der Waals surface area (Å²) >= 11 is 3.19. The lowest BCUT2D eigenvalue weighted by Gasteiger charge is -2.18. The Morgan fingerprint density at radius 3 is 2.94 bits per heavy atom. The summed E-state index contributed by atoms with van der Waals surface area (Å²) in [7, 11) is 2.00. The fraction of sp³-hybridized carbons (Fsp3) is 0.273. The Balaban J connectivity index is 2.20. The zero-order valence-corrected chi connectivity index (χ0v) is 11.9. The summed E-state index contributed by atoms with van der Waals surface area (Å²) < 4.78 is 0. The largest absolute Gasteiger partial charge is 0.355 e. The highest BCUT2D eigenvalue weighted by molar-refractivity contribution is 7.98. The fourth-order valence-electron chi connectivity index (χ4n) is 1.51. The molecule has 0 aliphatic rings. The zero-order valence-electron chi connectivity index (χ0n) is 10.3. The van der Waals surface area contributed by atoms with Gasteiger partial charge >= 0.3 is 0 Å². The average molecular weight is 281 g/mol. The molecule has 96 valence electrons. The number of aromatic nitrogens is 2. The van der Waals surface area contributed by atoms with Crippen LogP contribution in [-0.2, 0) is 6.54 Å². The van der Waals surface area contributed by atoms with Crippen LogP contribution in [0.25, 0.3) is 0 Å². The SMILES string of the molecule is CSc1nc(NN)cc(N(C)Cc2ccsc2)n1. The summed E-state index contributed by atoms with van der Waals surface area (Å²) in [5, 5.41) is 4.91. The lowest BCUT2D eigenvalue weighted by molar-refractivity contribution is 0.859. The van der Waals surface area contributed by atoms with E-state index in [-0.39, 0.29) is 0 Å². The summed E-state index contributed by atoms with van der Waals surface area (Å²) in [5.41, 5.74) is 3.84. The third-order valence-corrected chi connectivity index (χ3v) is 3.69. The van der Waals surface area contributed by atoms with Crippen molar-refractivity contribution in [1.82, 2.24) is 9.97 Å². The van der Waals surface area contributed by atoms with Gasteiger partial charge in [-0.2, -0.15) is 11.3 Å².